The molecule has 0 spiro atoms. The molecule has 2 aromatic carbocycles. The molecule has 0 saturated carbocycles. The molecule has 0 aliphatic rings. The lowest BCUT2D eigenvalue weighted by Gasteiger charge is -2.19. The van der Waals surface area contributed by atoms with Crippen LogP contribution in [0.15, 0.2) is 42.5 Å². The number of anilines is 1. The normalized spacial score (nSPS) is 11.5. The van der Waals surface area contributed by atoms with Crippen molar-refractivity contribution < 1.29 is 19.1 Å². The Bertz CT molecular complexity index is 770. The van der Waals surface area contributed by atoms with Crippen molar-refractivity contribution in [2.75, 3.05) is 12.4 Å². The predicted molar refractivity (Wildman–Crippen MR) is 97.0 cm³/mol. The van der Waals surface area contributed by atoms with E-state index in [1.165, 1.54) is 7.11 Å². The standard InChI is InChI=1S/C20H23NO4/c1-5-17(25-18-12-7-6-9-13(18)2)19(22)21-16-11-8-10-15(14(16)3)20(23)24-4/h6-12,17H,5H2,1-4H3,(H,21,22)/t17-/m1/s1. The highest BCUT2D eigenvalue weighted by atomic mass is 16.5. The summed E-state index contributed by atoms with van der Waals surface area (Å²) in [6.45, 7) is 5.59. The van der Waals surface area contributed by atoms with Gasteiger partial charge in [-0.15, -0.1) is 0 Å². The van der Waals surface area contributed by atoms with Crippen LogP contribution in [0.4, 0.5) is 5.69 Å². The molecule has 1 amide bonds. The van der Waals surface area contributed by atoms with E-state index in [0.29, 0.717) is 29.0 Å². The molecule has 1 atom stereocenters. The Hall–Kier alpha value is -2.82. The second-order valence-corrected chi connectivity index (χ2v) is 5.74. The molecule has 0 aromatic heterocycles. The number of hydrogen-bond acceptors (Lipinski definition) is 4. The summed E-state index contributed by atoms with van der Waals surface area (Å²) in [7, 11) is 1.33. The predicted octanol–water partition coefficient (Wildman–Crippen LogP) is 3.89. The van der Waals surface area contributed by atoms with Crippen molar-refractivity contribution >= 4 is 17.6 Å². The lowest BCUT2D eigenvalue weighted by atomic mass is 10.1. The average Bonchev–Trinajstić information content (AvgIpc) is 2.62. The molecule has 0 saturated heterocycles. The van der Waals surface area contributed by atoms with Crippen LogP contribution >= 0.6 is 0 Å². The number of nitrogens with one attached hydrogen (secondary N) is 1. The third-order valence-corrected chi connectivity index (χ3v) is 4.02. The zero-order valence-corrected chi connectivity index (χ0v) is 15.0. The molecule has 0 heterocycles. The molecule has 1 N–H and O–H groups in total. The number of para-hydroxylation sites is 1. The van der Waals surface area contributed by atoms with Gasteiger partial charge in [0, 0.05) is 5.69 Å². The van der Waals surface area contributed by atoms with Gasteiger partial charge >= 0.3 is 5.97 Å². The molecule has 5 nitrogen and oxygen atoms in total. The van der Waals surface area contributed by atoms with Crippen LogP contribution in [0.25, 0.3) is 0 Å². The fourth-order valence-electron chi connectivity index (χ4n) is 2.48. The van der Waals surface area contributed by atoms with Gasteiger partial charge in [-0.3, -0.25) is 4.79 Å². The number of rotatable bonds is 6. The van der Waals surface area contributed by atoms with Crippen molar-refractivity contribution in [2.45, 2.75) is 33.3 Å². The summed E-state index contributed by atoms with van der Waals surface area (Å²) in [5.74, 6) is -0.00259. The Morgan fingerprint density at radius 2 is 1.80 bits per heavy atom. The van der Waals surface area contributed by atoms with E-state index >= 15 is 0 Å². The van der Waals surface area contributed by atoms with Gasteiger partial charge in [-0.25, -0.2) is 4.79 Å². The average molecular weight is 341 g/mol. The highest BCUT2D eigenvalue weighted by molar-refractivity contribution is 5.98. The maximum atomic E-state index is 12.6. The maximum Gasteiger partial charge on any atom is 0.338 e. The van der Waals surface area contributed by atoms with E-state index in [1.54, 1.807) is 25.1 Å². The quantitative estimate of drug-likeness (QED) is 0.810. The van der Waals surface area contributed by atoms with Crippen LogP contribution in [-0.2, 0) is 9.53 Å². The summed E-state index contributed by atoms with van der Waals surface area (Å²) in [4.78, 5) is 24.4. The zero-order chi connectivity index (χ0) is 18.4. The number of ether oxygens (including phenoxy) is 2. The molecule has 0 aliphatic heterocycles. The van der Waals surface area contributed by atoms with E-state index in [1.807, 2.05) is 38.1 Å². The Balaban J connectivity index is 2.17. The van der Waals surface area contributed by atoms with Crippen LogP contribution in [0.1, 0.15) is 34.8 Å². The minimum Gasteiger partial charge on any atom is -0.480 e. The van der Waals surface area contributed by atoms with E-state index in [-0.39, 0.29) is 5.91 Å². The Morgan fingerprint density at radius 1 is 1.08 bits per heavy atom. The molecular formula is C20H23NO4. The first-order valence-electron chi connectivity index (χ1n) is 8.19. The Morgan fingerprint density at radius 3 is 2.44 bits per heavy atom. The fraction of sp³-hybridized carbons (Fsp3) is 0.300. The first-order chi connectivity index (χ1) is 12.0. The molecule has 5 heteroatoms. The largest absolute Gasteiger partial charge is 0.480 e. The number of hydrogen-bond donors (Lipinski definition) is 1. The van der Waals surface area contributed by atoms with Gasteiger partial charge in [0.1, 0.15) is 5.75 Å². The number of amides is 1. The van der Waals surface area contributed by atoms with Crippen LogP contribution < -0.4 is 10.1 Å². The molecule has 25 heavy (non-hydrogen) atoms. The molecule has 0 radical (unpaired) electrons. The lowest BCUT2D eigenvalue weighted by Crippen LogP contribution is -2.33. The highest BCUT2D eigenvalue weighted by Gasteiger charge is 2.21. The van der Waals surface area contributed by atoms with Crippen LogP contribution in [-0.4, -0.2) is 25.1 Å². The summed E-state index contributed by atoms with van der Waals surface area (Å²) in [5, 5.41) is 2.85. The fourth-order valence-corrected chi connectivity index (χ4v) is 2.48. The van der Waals surface area contributed by atoms with Gasteiger partial charge in [0.05, 0.1) is 12.7 Å². The summed E-state index contributed by atoms with van der Waals surface area (Å²) >= 11 is 0. The molecule has 0 fully saturated rings. The van der Waals surface area contributed by atoms with E-state index < -0.39 is 12.1 Å². The van der Waals surface area contributed by atoms with Gasteiger partial charge in [-0.05, 0) is 49.6 Å². The first kappa shape index (κ1) is 18.5. The molecule has 0 aliphatic carbocycles. The smallest absolute Gasteiger partial charge is 0.338 e. The monoisotopic (exact) mass is 341 g/mol. The van der Waals surface area contributed by atoms with Crippen molar-refractivity contribution in [1.29, 1.82) is 0 Å². The number of carbonyl (C=O) groups excluding carboxylic acids is 2. The maximum absolute atomic E-state index is 12.6. The minimum atomic E-state index is -0.623. The topological polar surface area (TPSA) is 64.6 Å². The van der Waals surface area contributed by atoms with Crippen molar-refractivity contribution in [3.63, 3.8) is 0 Å². The van der Waals surface area contributed by atoms with Gasteiger partial charge < -0.3 is 14.8 Å². The summed E-state index contributed by atoms with van der Waals surface area (Å²) < 4.78 is 10.6. The summed E-state index contributed by atoms with van der Waals surface area (Å²) in [6.07, 6.45) is -0.0992. The van der Waals surface area contributed by atoms with E-state index in [0.717, 1.165) is 5.56 Å². The van der Waals surface area contributed by atoms with Crippen LogP contribution in [0, 0.1) is 13.8 Å². The zero-order valence-electron chi connectivity index (χ0n) is 15.0. The van der Waals surface area contributed by atoms with Crippen LogP contribution in [0.5, 0.6) is 5.75 Å². The molecule has 0 unspecified atom stereocenters. The van der Waals surface area contributed by atoms with Crippen molar-refractivity contribution in [2.24, 2.45) is 0 Å². The minimum absolute atomic E-state index is 0.254. The SMILES string of the molecule is CC[C@@H](Oc1ccccc1C)C(=O)Nc1cccc(C(=O)OC)c1C. The van der Waals surface area contributed by atoms with Gasteiger partial charge in [-0.1, -0.05) is 31.2 Å². The number of methoxy groups -OCH3 is 1. The van der Waals surface area contributed by atoms with Crippen LogP contribution in [0.2, 0.25) is 0 Å². The summed E-state index contributed by atoms with van der Waals surface area (Å²) in [6, 6.07) is 12.7. The molecule has 2 aromatic rings. The molecule has 2 rings (SSSR count). The Labute approximate surface area is 148 Å². The molecule has 132 valence electrons. The lowest BCUT2D eigenvalue weighted by molar-refractivity contribution is -0.122. The van der Waals surface area contributed by atoms with Crippen LogP contribution in [0.3, 0.4) is 0 Å². The number of benzene rings is 2. The third kappa shape index (κ3) is 4.38. The third-order valence-electron chi connectivity index (χ3n) is 4.02. The van der Waals surface area contributed by atoms with E-state index in [2.05, 4.69) is 5.32 Å². The highest BCUT2D eigenvalue weighted by Crippen LogP contribution is 2.22. The molecular weight excluding hydrogens is 318 g/mol. The second kappa shape index (κ2) is 8.33. The van der Waals surface area contributed by atoms with Gasteiger partial charge in [-0.2, -0.15) is 0 Å². The Kier molecular flexibility index (Phi) is 6.17. The van der Waals surface area contributed by atoms with E-state index in [9.17, 15) is 9.59 Å². The van der Waals surface area contributed by atoms with E-state index in [4.69, 9.17) is 9.47 Å². The first-order valence-corrected chi connectivity index (χ1v) is 8.19. The van der Waals surface area contributed by atoms with Gasteiger partial charge in [0.15, 0.2) is 6.10 Å². The number of carbonyl (C=O) groups is 2. The van der Waals surface area contributed by atoms with Crippen molar-refractivity contribution in [3.8, 4) is 5.75 Å². The number of aryl methyl sites for hydroxylation is 1. The van der Waals surface area contributed by atoms with Crippen molar-refractivity contribution in [3.05, 3.63) is 59.2 Å². The van der Waals surface area contributed by atoms with Gasteiger partial charge in [0.25, 0.3) is 5.91 Å². The van der Waals surface area contributed by atoms with Crippen molar-refractivity contribution in [1.82, 2.24) is 0 Å². The second-order valence-electron chi connectivity index (χ2n) is 5.74. The number of esters is 1. The summed E-state index contributed by atoms with van der Waals surface area (Å²) in [5.41, 5.74) is 2.62. The molecule has 0 bridgehead atoms. The van der Waals surface area contributed by atoms with Gasteiger partial charge in [0.2, 0.25) is 0 Å².